The molecule has 1 aromatic carbocycles. The number of rotatable bonds is 3. The van der Waals surface area contributed by atoms with Crippen LogP contribution in [0.5, 0.6) is 0 Å². The predicted molar refractivity (Wildman–Crippen MR) is 60.0 cm³/mol. The van der Waals surface area contributed by atoms with E-state index >= 15 is 0 Å². The van der Waals surface area contributed by atoms with Crippen LogP contribution in [0, 0.1) is 0 Å². The molecule has 0 aromatic heterocycles. The van der Waals surface area contributed by atoms with Gasteiger partial charge < -0.3 is 5.11 Å². The van der Waals surface area contributed by atoms with Crippen molar-refractivity contribution in [2.45, 2.75) is 18.7 Å². The van der Waals surface area contributed by atoms with Crippen LogP contribution in [0.1, 0.15) is 12.0 Å². The Balaban J connectivity index is 2.66. The number of hydrogen-bond donors (Lipinski definition) is 1. The lowest BCUT2D eigenvalue weighted by Gasteiger charge is -2.13. The highest BCUT2D eigenvalue weighted by Crippen LogP contribution is 2.27. The monoisotopic (exact) mass is 294 g/mol. The fourth-order valence-corrected chi connectivity index (χ4v) is 1.66. The molecule has 0 saturated carbocycles. The Hall–Kier alpha value is -0.810. The van der Waals surface area contributed by atoms with Gasteiger partial charge in [0.15, 0.2) is 6.10 Å². The molecule has 0 aliphatic rings. The van der Waals surface area contributed by atoms with Gasteiger partial charge in [-0.2, -0.15) is 13.2 Å². The molecule has 1 nitrogen and oxygen atoms in total. The summed E-state index contributed by atoms with van der Waals surface area (Å²) in [6.45, 7) is 0. The van der Waals surface area contributed by atoms with Crippen molar-refractivity contribution < 1.29 is 18.3 Å². The van der Waals surface area contributed by atoms with Crippen molar-refractivity contribution in [1.82, 2.24) is 0 Å². The Bertz CT molecular complexity index is 359. The van der Waals surface area contributed by atoms with Crippen LogP contribution in [0.4, 0.5) is 13.2 Å². The van der Waals surface area contributed by atoms with Crippen LogP contribution in [-0.4, -0.2) is 17.4 Å². The highest BCUT2D eigenvalue weighted by molar-refractivity contribution is 9.11. The van der Waals surface area contributed by atoms with Crippen LogP contribution in [0.3, 0.4) is 0 Å². The first-order chi connectivity index (χ1) is 7.39. The van der Waals surface area contributed by atoms with Crippen molar-refractivity contribution in [2.75, 3.05) is 0 Å². The molecule has 1 atom stereocenters. The van der Waals surface area contributed by atoms with Crippen molar-refractivity contribution in [3.63, 3.8) is 0 Å². The molecule has 0 aliphatic heterocycles. The zero-order valence-corrected chi connectivity index (χ0v) is 9.79. The number of benzene rings is 1. The fraction of sp³-hybridized carbons (Fsp3) is 0.273. The smallest absolute Gasteiger partial charge is 0.383 e. The summed E-state index contributed by atoms with van der Waals surface area (Å²) < 4.78 is 36.5. The van der Waals surface area contributed by atoms with Gasteiger partial charge in [0.25, 0.3) is 0 Å². The van der Waals surface area contributed by atoms with Gasteiger partial charge in [-0.15, -0.1) is 0 Å². The average Bonchev–Trinajstić information content (AvgIpc) is 2.17. The molecule has 1 N–H and O–H groups in total. The second-order valence-electron chi connectivity index (χ2n) is 3.26. The van der Waals surface area contributed by atoms with Crippen molar-refractivity contribution in [1.29, 1.82) is 0 Å². The average molecular weight is 295 g/mol. The summed E-state index contributed by atoms with van der Waals surface area (Å²) in [5, 5.41) is 8.84. The van der Waals surface area contributed by atoms with E-state index < -0.39 is 18.7 Å². The summed E-state index contributed by atoms with van der Waals surface area (Å²) >= 11 is 3.01. The fourth-order valence-electron chi connectivity index (χ4n) is 1.09. The van der Waals surface area contributed by atoms with Gasteiger partial charge >= 0.3 is 6.18 Å². The van der Waals surface area contributed by atoms with Crippen LogP contribution in [0.15, 0.2) is 34.8 Å². The van der Waals surface area contributed by atoms with E-state index in [1.807, 2.05) is 6.07 Å². The topological polar surface area (TPSA) is 20.2 Å². The number of aliphatic hydroxyl groups excluding tert-OH is 1. The van der Waals surface area contributed by atoms with Gasteiger partial charge in [0.1, 0.15) is 0 Å². The highest BCUT2D eigenvalue weighted by Gasteiger charge is 2.38. The molecule has 0 amide bonds. The molecule has 16 heavy (non-hydrogen) atoms. The molecule has 0 bridgehead atoms. The van der Waals surface area contributed by atoms with Crippen molar-refractivity contribution in [2.24, 2.45) is 0 Å². The maximum absolute atomic E-state index is 12.1. The second kappa shape index (κ2) is 5.50. The normalized spacial score (nSPS) is 14.9. The molecule has 5 heteroatoms. The van der Waals surface area contributed by atoms with Gasteiger partial charge in [-0.3, -0.25) is 0 Å². The molecule has 1 unspecified atom stereocenters. The van der Waals surface area contributed by atoms with Gasteiger partial charge in [0, 0.05) is 6.42 Å². The maximum Gasteiger partial charge on any atom is 0.414 e. The van der Waals surface area contributed by atoms with E-state index in [1.165, 1.54) is 0 Å². The molecule has 0 saturated heterocycles. The third kappa shape index (κ3) is 4.37. The van der Waals surface area contributed by atoms with Crippen molar-refractivity contribution in [3.05, 3.63) is 40.4 Å². The van der Waals surface area contributed by atoms with Gasteiger partial charge in [0.05, 0.1) is 0 Å². The first kappa shape index (κ1) is 13.3. The lowest BCUT2D eigenvalue weighted by Crippen LogP contribution is -2.28. The Kier molecular flexibility index (Phi) is 4.56. The van der Waals surface area contributed by atoms with Gasteiger partial charge in [0.2, 0.25) is 0 Å². The van der Waals surface area contributed by atoms with Gasteiger partial charge in [-0.05, 0) is 16.1 Å². The Labute approximate surface area is 99.7 Å². The molecule has 0 heterocycles. The summed E-state index contributed by atoms with van der Waals surface area (Å²) in [5.74, 6) is 0. The van der Waals surface area contributed by atoms with E-state index in [0.717, 1.165) is 5.56 Å². The maximum atomic E-state index is 12.1. The molecular weight excluding hydrogens is 285 g/mol. The minimum absolute atomic E-state index is 0.309. The van der Waals surface area contributed by atoms with Crippen LogP contribution < -0.4 is 0 Å². The second-order valence-corrected chi connectivity index (χ2v) is 4.28. The zero-order chi connectivity index (χ0) is 12.2. The third-order valence-corrected chi connectivity index (χ3v) is 2.44. The zero-order valence-electron chi connectivity index (χ0n) is 8.21. The lowest BCUT2D eigenvalue weighted by atomic mass is 10.1. The summed E-state index contributed by atoms with van der Waals surface area (Å²) in [7, 11) is 0. The molecule has 1 aromatic rings. The van der Waals surface area contributed by atoms with E-state index in [0.29, 0.717) is 4.48 Å². The predicted octanol–water partition coefficient (Wildman–Crippen LogP) is 3.74. The number of alkyl halides is 3. The van der Waals surface area contributed by atoms with Crippen LogP contribution in [-0.2, 0) is 0 Å². The summed E-state index contributed by atoms with van der Waals surface area (Å²) in [4.78, 5) is 0. The Morgan fingerprint density at radius 1 is 1.31 bits per heavy atom. The highest BCUT2D eigenvalue weighted by atomic mass is 79.9. The molecular formula is C11H10BrF3O. The molecule has 0 radical (unpaired) electrons. The van der Waals surface area contributed by atoms with E-state index in [4.69, 9.17) is 5.11 Å². The van der Waals surface area contributed by atoms with Crippen molar-refractivity contribution >= 4 is 22.0 Å². The summed E-state index contributed by atoms with van der Waals surface area (Å²) in [6.07, 6.45) is -5.83. The number of aliphatic hydroxyl groups is 1. The first-order valence-electron chi connectivity index (χ1n) is 4.55. The largest absolute Gasteiger partial charge is 0.414 e. The Morgan fingerprint density at radius 2 is 1.88 bits per heavy atom. The number of hydrogen-bond acceptors (Lipinski definition) is 1. The molecule has 88 valence electrons. The molecule has 1 rings (SSSR count). The van der Waals surface area contributed by atoms with Crippen LogP contribution >= 0.6 is 15.9 Å². The van der Waals surface area contributed by atoms with Gasteiger partial charge in [-0.25, -0.2) is 0 Å². The van der Waals surface area contributed by atoms with E-state index in [2.05, 4.69) is 15.9 Å². The standard InChI is InChI=1S/C11H10BrF3O/c12-9(7-10(16)11(13,14)15)6-8-4-2-1-3-5-8/h1-6,10,16H,7H2. The van der Waals surface area contributed by atoms with E-state index in [-0.39, 0.29) is 0 Å². The SMILES string of the molecule is OC(CC(Br)=Cc1ccccc1)C(F)(F)F. The summed E-state index contributed by atoms with van der Waals surface area (Å²) in [6, 6.07) is 8.91. The molecule has 0 spiro atoms. The summed E-state index contributed by atoms with van der Waals surface area (Å²) in [5.41, 5.74) is 0.781. The minimum Gasteiger partial charge on any atom is -0.383 e. The van der Waals surface area contributed by atoms with Crippen LogP contribution in [0.25, 0.3) is 6.08 Å². The molecule has 0 fully saturated rings. The lowest BCUT2D eigenvalue weighted by molar-refractivity contribution is -0.202. The third-order valence-electron chi connectivity index (χ3n) is 1.89. The molecule has 0 aliphatic carbocycles. The first-order valence-corrected chi connectivity index (χ1v) is 5.35. The van der Waals surface area contributed by atoms with E-state index in [1.54, 1.807) is 30.3 Å². The van der Waals surface area contributed by atoms with Crippen LogP contribution in [0.2, 0.25) is 0 Å². The Morgan fingerprint density at radius 3 is 2.38 bits per heavy atom. The quantitative estimate of drug-likeness (QED) is 0.900. The number of halogens is 4. The van der Waals surface area contributed by atoms with Gasteiger partial charge in [-0.1, -0.05) is 46.3 Å². The van der Waals surface area contributed by atoms with E-state index in [9.17, 15) is 13.2 Å². The van der Waals surface area contributed by atoms with Crippen molar-refractivity contribution in [3.8, 4) is 0 Å². The minimum atomic E-state index is -4.58.